The molecule has 1 aromatic carbocycles. The molecule has 0 radical (unpaired) electrons. The molecule has 0 saturated heterocycles. The van der Waals surface area contributed by atoms with Gasteiger partial charge in [-0.05, 0) is 43.2 Å². The topological polar surface area (TPSA) is 24.9 Å². The highest BCUT2D eigenvalue weighted by atomic mass is 14.8. The average molecular weight is 252 g/mol. The van der Waals surface area contributed by atoms with Gasteiger partial charge >= 0.3 is 0 Å². The Bertz CT molecular complexity index is 581. The van der Waals surface area contributed by atoms with Crippen molar-refractivity contribution < 1.29 is 0 Å². The molecule has 2 aromatic rings. The summed E-state index contributed by atoms with van der Waals surface area (Å²) < 4.78 is 0. The highest BCUT2D eigenvalue weighted by molar-refractivity contribution is 5.84. The fraction of sp³-hybridized carbons (Fsp3) is 0.353. The first-order chi connectivity index (χ1) is 9.43. The van der Waals surface area contributed by atoms with Crippen LogP contribution >= 0.6 is 0 Å². The zero-order chi connectivity index (χ0) is 12.9. The molecule has 2 nitrogen and oxygen atoms in total. The molecule has 0 amide bonds. The Balaban J connectivity index is 1.59. The van der Waals surface area contributed by atoms with Crippen LogP contribution in [0.1, 0.15) is 31.2 Å². The Labute approximate surface area is 114 Å². The van der Waals surface area contributed by atoms with Crippen molar-refractivity contribution in [3.63, 3.8) is 0 Å². The van der Waals surface area contributed by atoms with E-state index in [9.17, 15) is 0 Å². The summed E-state index contributed by atoms with van der Waals surface area (Å²) in [6, 6.07) is 8.45. The molecular weight excluding hydrogens is 232 g/mol. The summed E-state index contributed by atoms with van der Waals surface area (Å²) in [6.45, 7) is 1.97. The minimum Gasteiger partial charge on any atom is -0.312 e. The minimum absolute atomic E-state index is 0.904. The summed E-state index contributed by atoms with van der Waals surface area (Å²) in [5, 5.41) is 6.07. The lowest BCUT2D eigenvalue weighted by Gasteiger charge is -2.08. The molecule has 2 heteroatoms. The van der Waals surface area contributed by atoms with Crippen molar-refractivity contribution in [3.05, 3.63) is 53.9 Å². The van der Waals surface area contributed by atoms with Crippen LogP contribution in [-0.2, 0) is 6.54 Å². The van der Waals surface area contributed by atoms with Gasteiger partial charge in [0.25, 0.3) is 0 Å². The van der Waals surface area contributed by atoms with Crippen LogP contribution in [0.15, 0.2) is 48.3 Å². The van der Waals surface area contributed by atoms with Crippen LogP contribution in [0, 0.1) is 0 Å². The lowest BCUT2D eigenvalue weighted by Crippen LogP contribution is -2.15. The number of pyridine rings is 1. The number of aromatic nitrogens is 1. The van der Waals surface area contributed by atoms with Gasteiger partial charge < -0.3 is 5.32 Å². The third kappa shape index (κ3) is 3.02. The van der Waals surface area contributed by atoms with Gasteiger partial charge in [-0.3, -0.25) is 4.98 Å². The predicted octanol–water partition coefficient (Wildman–Crippen LogP) is 3.82. The summed E-state index contributed by atoms with van der Waals surface area (Å²) in [5.74, 6) is 0. The van der Waals surface area contributed by atoms with Crippen LogP contribution in [-0.4, -0.2) is 11.5 Å². The third-order valence-corrected chi connectivity index (χ3v) is 3.82. The van der Waals surface area contributed by atoms with Gasteiger partial charge in [-0.25, -0.2) is 0 Å². The van der Waals surface area contributed by atoms with Gasteiger partial charge in [-0.15, -0.1) is 0 Å². The molecule has 98 valence electrons. The highest BCUT2D eigenvalue weighted by Crippen LogP contribution is 2.20. The van der Waals surface area contributed by atoms with Gasteiger partial charge in [0.2, 0.25) is 0 Å². The van der Waals surface area contributed by atoms with E-state index in [4.69, 9.17) is 0 Å². The van der Waals surface area contributed by atoms with Crippen molar-refractivity contribution in [1.82, 2.24) is 10.3 Å². The molecular formula is C17H20N2. The van der Waals surface area contributed by atoms with Crippen LogP contribution in [0.3, 0.4) is 0 Å². The minimum atomic E-state index is 0.904. The third-order valence-electron chi connectivity index (χ3n) is 3.82. The summed E-state index contributed by atoms with van der Waals surface area (Å²) >= 11 is 0. The number of hydrogen-bond acceptors (Lipinski definition) is 2. The quantitative estimate of drug-likeness (QED) is 0.646. The molecule has 0 spiro atoms. The molecule has 19 heavy (non-hydrogen) atoms. The van der Waals surface area contributed by atoms with Crippen molar-refractivity contribution in [3.8, 4) is 0 Å². The molecule has 0 atom stereocenters. The van der Waals surface area contributed by atoms with Crippen LogP contribution < -0.4 is 5.32 Å². The van der Waals surface area contributed by atoms with Crippen molar-refractivity contribution in [2.45, 2.75) is 32.2 Å². The Morgan fingerprint density at radius 1 is 1.16 bits per heavy atom. The van der Waals surface area contributed by atoms with E-state index < -0.39 is 0 Å². The first-order valence-corrected chi connectivity index (χ1v) is 7.14. The monoisotopic (exact) mass is 252 g/mol. The van der Waals surface area contributed by atoms with E-state index in [0.717, 1.165) is 13.1 Å². The summed E-state index contributed by atoms with van der Waals surface area (Å²) in [6.07, 6.45) is 11.4. The number of allylic oxidation sites excluding steroid dienone is 1. The van der Waals surface area contributed by atoms with Gasteiger partial charge in [0.1, 0.15) is 0 Å². The lowest BCUT2D eigenvalue weighted by molar-refractivity contribution is 0.677. The van der Waals surface area contributed by atoms with E-state index >= 15 is 0 Å². The van der Waals surface area contributed by atoms with E-state index in [2.05, 4.69) is 40.6 Å². The smallest absolute Gasteiger partial charge is 0.0346 e. The van der Waals surface area contributed by atoms with Gasteiger partial charge in [-0.1, -0.05) is 35.9 Å². The van der Waals surface area contributed by atoms with E-state index in [1.165, 1.54) is 42.0 Å². The lowest BCUT2D eigenvalue weighted by atomic mass is 10.1. The molecule has 3 rings (SSSR count). The Morgan fingerprint density at radius 2 is 2.11 bits per heavy atom. The fourth-order valence-corrected chi connectivity index (χ4v) is 2.76. The summed E-state index contributed by atoms with van der Waals surface area (Å²) in [7, 11) is 0. The van der Waals surface area contributed by atoms with Gasteiger partial charge in [-0.2, -0.15) is 0 Å². The molecule has 1 aliphatic rings. The Morgan fingerprint density at radius 3 is 3.00 bits per heavy atom. The van der Waals surface area contributed by atoms with Crippen molar-refractivity contribution in [2.24, 2.45) is 0 Å². The maximum absolute atomic E-state index is 4.32. The highest BCUT2D eigenvalue weighted by Gasteiger charge is 2.04. The number of rotatable bonds is 5. The van der Waals surface area contributed by atoms with E-state index in [-0.39, 0.29) is 0 Å². The average Bonchev–Trinajstić information content (AvgIpc) is 2.97. The van der Waals surface area contributed by atoms with Crippen LogP contribution in [0.2, 0.25) is 0 Å². The molecule has 0 aliphatic heterocycles. The fourth-order valence-electron chi connectivity index (χ4n) is 2.76. The summed E-state index contributed by atoms with van der Waals surface area (Å²) in [4.78, 5) is 4.32. The molecule has 1 N–H and O–H groups in total. The van der Waals surface area contributed by atoms with E-state index in [1.54, 1.807) is 5.57 Å². The first kappa shape index (κ1) is 12.4. The molecule has 0 unspecified atom stereocenters. The van der Waals surface area contributed by atoms with Gasteiger partial charge in [0.05, 0.1) is 0 Å². The maximum Gasteiger partial charge on any atom is 0.0346 e. The zero-order valence-corrected chi connectivity index (χ0v) is 11.2. The second-order valence-electron chi connectivity index (χ2n) is 5.20. The first-order valence-electron chi connectivity index (χ1n) is 7.14. The van der Waals surface area contributed by atoms with Crippen LogP contribution in [0.4, 0.5) is 0 Å². The molecule has 1 aliphatic carbocycles. The normalized spacial score (nSPS) is 14.8. The number of fused-ring (bicyclic) bond motifs is 1. The number of benzene rings is 1. The van der Waals surface area contributed by atoms with Crippen LogP contribution in [0.25, 0.3) is 10.8 Å². The summed E-state index contributed by atoms with van der Waals surface area (Å²) in [5.41, 5.74) is 2.92. The molecule has 1 aromatic heterocycles. The number of hydrogen-bond donors (Lipinski definition) is 1. The second kappa shape index (κ2) is 5.98. The van der Waals surface area contributed by atoms with Crippen molar-refractivity contribution in [2.75, 3.05) is 6.54 Å². The molecule has 1 heterocycles. The molecule has 0 fully saturated rings. The SMILES string of the molecule is C1=C(CCNCc2cncc3ccccc23)CCC1. The molecule has 0 saturated carbocycles. The van der Waals surface area contributed by atoms with Crippen molar-refractivity contribution >= 4 is 10.8 Å². The maximum atomic E-state index is 4.32. The number of nitrogens with zero attached hydrogens (tertiary/aromatic N) is 1. The zero-order valence-electron chi connectivity index (χ0n) is 11.2. The van der Waals surface area contributed by atoms with E-state index in [1.807, 2.05) is 12.4 Å². The second-order valence-corrected chi connectivity index (χ2v) is 5.20. The predicted molar refractivity (Wildman–Crippen MR) is 80.0 cm³/mol. The van der Waals surface area contributed by atoms with Gasteiger partial charge in [0, 0.05) is 24.3 Å². The van der Waals surface area contributed by atoms with Crippen LogP contribution in [0.5, 0.6) is 0 Å². The molecule has 0 bridgehead atoms. The Hall–Kier alpha value is -1.67. The van der Waals surface area contributed by atoms with Gasteiger partial charge in [0.15, 0.2) is 0 Å². The standard InChI is InChI=1S/C17H20N2/c1-2-6-14(5-1)9-10-18-12-16-13-19-11-15-7-3-4-8-17(15)16/h3-5,7-8,11,13,18H,1-2,6,9-10,12H2. The van der Waals surface area contributed by atoms with E-state index in [0.29, 0.717) is 0 Å². The largest absolute Gasteiger partial charge is 0.312 e. The number of nitrogens with one attached hydrogen (secondary N) is 1. The Kier molecular flexibility index (Phi) is 3.89. The van der Waals surface area contributed by atoms with Crippen molar-refractivity contribution in [1.29, 1.82) is 0 Å².